The van der Waals surface area contributed by atoms with Crippen molar-refractivity contribution in [2.75, 3.05) is 0 Å². The van der Waals surface area contributed by atoms with Crippen molar-refractivity contribution in [3.8, 4) is 0 Å². The van der Waals surface area contributed by atoms with E-state index in [1.165, 1.54) is 16.7 Å². The summed E-state index contributed by atoms with van der Waals surface area (Å²) in [5, 5.41) is 0. The molecule has 2 heteroatoms. The average molecular weight is 327 g/mol. The molecular formula is C23H21NO. The lowest BCUT2D eigenvalue weighted by Gasteiger charge is -2.26. The largest absolute Gasteiger partial charge is 0.323 e. The summed E-state index contributed by atoms with van der Waals surface area (Å²) in [4.78, 5) is 15.1. The Morgan fingerprint density at radius 1 is 0.840 bits per heavy atom. The molecule has 3 aromatic carbocycles. The van der Waals surface area contributed by atoms with Crippen LogP contribution in [-0.4, -0.2) is 10.8 Å². The topological polar surface area (TPSA) is 20.3 Å². The highest BCUT2D eigenvalue weighted by molar-refractivity contribution is 5.99. The molecule has 3 aromatic rings. The number of carbonyl (C=O) groups excluding carboxylic acids is 1. The summed E-state index contributed by atoms with van der Waals surface area (Å²) in [5.41, 5.74) is 6.67. The molecule has 0 aliphatic carbocycles. The first kappa shape index (κ1) is 15.6. The smallest absolute Gasteiger partial charge is 0.255 e. The van der Waals surface area contributed by atoms with Gasteiger partial charge in [-0.1, -0.05) is 77.9 Å². The van der Waals surface area contributed by atoms with E-state index in [9.17, 15) is 4.79 Å². The summed E-state index contributed by atoms with van der Waals surface area (Å²) in [6, 6.07) is 24.8. The molecule has 0 spiro atoms. The van der Waals surface area contributed by atoms with Gasteiger partial charge in [-0.25, -0.2) is 0 Å². The predicted octanol–water partition coefficient (Wildman–Crippen LogP) is 5.05. The third-order valence-corrected chi connectivity index (χ3v) is 4.89. The fraction of sp³-hybridized carbons (Fsp3) is 0.174. The molecule has 25 heavy (non-hydrogen) atoms. The van der Waals surface area contributed by atoms with Gasteiger partial charge in [0.1, 0.15) is 0 Å². The average Bonchev–Trinajstić information content (AvgIpc) is 2.88. The molecule has 0 N–H and O–H groups in total. The van der Waals surface area contributed by atoms with Gasteiger partial charge < -0.3 is 4.90 Å². The van der Waals surface area contributed by atoms with Crippen LogP contribution in [0.5, 0.6) is 0 Å². The van der Waals surface area contributed by atoms with Gasteiger partial charge in [0.15, 0.2) is 0 Å². The molecule has 0 saturated carbocycles. The van der Waals surface area contributed by atoms with Crippen molar-refractivity contribution < 1.29 is 4.79 Å². The number of benzene rings is 3. The van der Waals surface area contributed by atoms with Gasteiger partial charge >= 0.3 is 0 Å². The zero-order valence-electron chi connectivity index (χ0n) is 14.6. The maximum atomic E-state index is 13.1. The predicted molar refractivity (Wildman–Crippen MR) is 101 cm³/mol. The second kappa shape index (κ2) is 6.21. The molecule has 1 heterocycles. The summed E-state index contributed by atoms with van der Waals surface area (Å²) in [6.07, 6.45) is 0. The van der Waals surface area contributed by atoms with E-state index in [4.69, 9.17) is 0 Å². The highest BCUT2D eigenvalue weighted by atomic mass is 16.2. The number of fused-ring (bicyclic) bond motifs is 1. The second-order valence-corrected chi connectivity index (χ2v) is 6.82. The molecular weight excluding hydrogens is 306 g/mol. The Kier molecular flexibility index (Phi) is 3.89. The summed E-state index contributed by atoms with van der Waals surface area (Å²) in [7, 11) is 0. The first-order valence-corrected chi connectivity index (χ1v) is 8.65. The second-order valence-electron chi connectivity index (χ2n) is 6.82. The molecule has 0 fully saturated rings. The number of aryl methyl sites for hydroxylation is 2. The Bertz CT molecular complexity index is 913. The van der Waals surface area contributed by atoms with Gasteiger partial charge in [0.2, 0.25) is 0 Å². The lowest BCUT2D eigenvalue weighted by Crippen LogP contribution is -2.28. The van der Waals surface area contributed by atoms with E-state index in [1.54, 1.807) is 0 Å². The number of hydrogen-bond donors (Lipinski definition) is 0. The zero-order valence-corrected chi connectivity index (χ0v) is 14.6. The summed E-state index contributed by atoms with van der Waals surface area (Å²) in [6.45, 7) is 4.78. The van der Waals surface area contributed by atoms with Gasteiger partial charge in [-0.15, -0.1) is 0 Å². The SMILES string of the molecule is Cc1ccc(C2c3cc(C)ccc3C(=O)N2Cc2ccccc2)cc1. The molecule has 1 aliphatic heterocycles. The van der Waals surface area contributed by atoms with Gasteiger partial charge in [-0.2, -0.15) is 0 Å². The highest BCUT2D eigenvalue weighted by Gasteiger charge is 2.37. The third kappa shape index (κ3) is 2.85. The van der Waals surface area contributed by atoms with Crippen molar-refractivity contribution in [1.29, 1.82) is 0 Å². The Morgan fingerprint density at radius 3 is 2.24 bits per heavy atom. The molecule has 0 radical (unpaired) electrons. The van der Waals surface area contributed by atoms with Gasteiger partial charge in [-0.3, -0.25) is 4.79 Å². The standard InChI is InChI=1S/C23H21NO/c1-16-8-11-19(12-9-16)22-21-14-17(2)10-13-20(21)23(25)24(22)15-18-6-4-3-5-7-18/h3-14,22H,15H2,1-2H3. The van der Waals surface area contributed by atoms with E-state index in [1.807, 2.05) is 35.2 Å². The fourth-order valence-corrected chi connectivity index (χ4v) is 3.59. The van der Waals surface area contributed by atoms with Gasteiger partial charge in [0, 0.05) is 12.1 Å². The molecule has 2 nitrogen and oxygen atoms in total. The van der Waals surface area contributed by atoms with Crippen LogP contribution in [0.2, 0.25) is 0 Å². The van der Waals surface area contributed by atoms with Crippen LogP contribution in [0.1, 0.15) is 44.2 Å². The number of rotatable bonds is 3. The van der Waals surface area contributed by atoms with Crippen LogP contribution in [0, 0.1) is 13.8 Å². The van der Waals surface area contributed by atoms with Crippen LogP contribution < -0.4 is 0 Å². The molecule has 1 unspecified atom stereocenters. The Morgan fingerprint density at radius 2 is 1.52 bits per heavy atom. The van der Waals surface area contributed by atoms with E-state index in [2.05, 4.69) is 56.3 Å². The minimum Gasteiger partial charge on any atom is -0.323 e. The molecule has 1 atom stereocenters. The van der Waals surface area contributed by atoms with Crippen molar-refractivity contribution in [2.24, 2.45) is 0 Å². The molecule has 0 bridgehead atoms. The lowest BCUT2D eigenvalue weighted by atomic mass is 9.95. The Hall–Kier alpha value is -2.87. The summed E-state index contributed by atoms with van der Waals surface area (Å²) >= 11 is 0. The molecule has 4 rings (SSSR count). The van der Waals surface area contributed by atoms with Crippen LogP contribution in [0.25, 0.3) is 0 Å². The lowest BCUT2D eigenvalue weighted by molar-refractivity contribution is 0.0736. The first-order valence-electron chi connectivity index (χ1n) is 8.65. The maximum absolute atomic E-state index is 13.1. The summed E-state index contributed by atoms with van der Waals surface area (Å²) < 4.78 is 0. The number of hydrogen-bond acceptors (Lipinski definition) is 1. The number of carbonyl (C=O) groups is 1. The van der Waals surface area contributed by atoms with Crippen LogP contribution >= 0.6 is 0 Å². The minimum atomic E-state index is -0.0248. The van der Waals surface area contributed by atoms with E-state index >= 15 is 0 Å². The molecule has 1 aliphatic rings. The monoisotopic (exact) mass is 327 g/mol. The fourth-order valence-electron chi connectivity index (χ4n) is 3.59. The van der Waals surface area contributed by atoms with E-state index < -0.39 is 0 Å². The van der Waals surface area contributed by atoms with E-state index in [0.29, 0.717) is 6.54 Å². The van der Waals surface area contributed by atoms with Crippen molar-refractivity contribution >= 4 is 5.91 Å². The van der Waals surface area contributed by atoms with Crippen LogP contribution in [0.4, 0.5) is 0 Å². The normalized spacial score (nSPS) is 16.2. The molecule has 0 aromatic heterocycles. The van der Waals surface area contributed by atoms with Crippen molar-refractivity contribution in [1.82, 2.24) is 4.90 Å². The van der Waals surface area contributed by atoms with Gasteiger partial charge in [0.05, 0.1) is 6.04 Å². The highest BCUT2D eigenvalue weighted by Crippen LogP contribution is 2.39. The molecule has 124 valence electrons. The quantitative estimate of drug-likeness (QED) is 0.659. The Balaban J connectivity index is 1.81. The zero-order chi connectivity index (χ0) is 17.4. The van der Waals surface area contributed by atoms with Crippen LogP contribution in [0.15, 0.2) is 72.8 Å². The molecule has 1 amide bonds. The van der Waals surface area contributed by atoms with Crippen molar-refractivity contribution in [3.05, 3.63) is 106 Å². The number of amides is 1. The minimum absolute atomic E-state index is 0.0248. The van der Waals surface area contributed by atoms with Crippen molar-refractivity contribution in [2.45, 2.75) is 26.4 Å². The van der Waals surface area contributed by atoms with Gasteiger partial charge in [-0.05, 0) is 36.6 Å². The first-order chi connectivity index (χ1) is 12.1. The van der Waals surface area contributed by atoms with E-state index in [0.717, 1.165) is 16.7 Å². The van der Waals surface area contributed by atoms with Gasteiger partial charge in [0.25, 0.3) is 5.91 Å². The maximum Gasteiger partial charge on any atom is 0.255 e. The van der Waals surface area contributed by atoms with Crippen molar-refractivity contribution in [3.63, 3.8) is 0 Å². The summed E-state index contributed by atoms with van der Waals surface area (Å²) in [5.74, 6) is 0.115. The number of nitrogens with zero attached hydrogens (tertiary/aromatic N) is 1. The third-order valence-electron chi connectivity index (χ3n) is 4.89. The Labute approximate surface area is 148 Å². The van der Waals surface area contributed by atoms with Crippen LogP contribution in [0.3, 0.4) is 0 Å². The van der Waals surface area contributed by atoms with Crippen LogP contribution in [-0.2, 0) is 6.54 Å². The van der Waals surface area contributed by atoms with E-state index in [-0.39, 0.29) is 11.9 Å². The molecule has 0 saturated heterocycles.